The molecule has 1 aromatic carbocycles. The predicted molar refractivity (Wildman–Crippen MR) is 84.6 cm³/mol. The Morgan fingerprint density at radius 2 is 2.10 bits per heavy atom. The number of benzene rings is 1. The van der Waals surface area contributed by atoms with Crippen molar-refractivity contribution in [2.45, 2.75) is 26.3 Å². The van der Waals surface area contributed by atoms with E-state index in [1.807, 2.05) is 35.9 Å². The van der Waals surface area contributed by atoms with Crippen molar-refractivity contribution in [2.75, 3.05) is 26.3 Å². The Morgan fingerprint density at radius 1 is 1.24 bits per heavy atom. The quantitative estimate of drug-likeness (QED) is 0.715. The lowest BCUT2D eigenvalue weighted by molar-refractivity contribution is 0.143. The average Bonchev–Trinajstić information content (AvgIpc) is 2.52. The lowest BCUT2D eigenvalue weighted by atomic mass is 10.2. The lowest BCUT2D eigenvalue weighted by Gasteiger charge is -2.10. The first kappa shape index (κ1) is 15.7. The number of unbranched alkanes of at least 4 members (excludes halogenated alkanes) is 1. The van der Waals surface area contributed by atoms with Gasteiger partial charge in [-0.3, -0.25) is 9.48 Å². The summed E-state index contributed by atoms with van der Waals surface area (Å²) in [7, 11) is 0. The lowest BCUT2D eigenvalue weighted by Crippen LogP contribution is -2.23. The first-order valence-electron chi connectivity index (χ1n) is 7.56. The van der Waals surface area contributed by atoms with E-state index in [4.69, 9.17) is 4.74 Å². The van der Waals surface area contributed by atoms with Gasteiger partial charge in [0.1, 0.15) is 0 Å². The highest BCUT2D eigenvalue weighted by atomic mass is 16.5. The van der Waals surface area contributed by atoms with E-state index >= 15 is 0 Å². The van der Waals surface area contributed by atoms with Crippen LogP contribution in [0.5, 0.6) is 0 Å². The van der Waals surface area contributed by atoms with Gasteiger partial charge in [-0.15, -0.1) is 0 Å². The molecule has 0 spiro atoms. The number of nitrogens with one attached hydrogen (secondary N) is 1. The Hall–Kier alpha value is -1.72. The van der Waals surface area contributed by atoms with Crippen LogP contribution in [-0.4, -0.2) is 36.1 Å². The fourth-order valence-electron chi connectivity index (χ4n) is 2.25. The van der Waals surface area contributed by atoms with Gasteiger partial charge in [0.05, 0.1) is 18.3 Å². The molecular weight excluding hydrogens is 266 g/mol. The zero-order valence-corrected chi connectivity index (χ0v) is 12.5. The third-order valence-corrected chi connectivity index (χ3v) is 3.36. The normalized spacial score (nSPS) is 11.1. The molecule has 2 rings (SSSR count). The van der Waals surface area contributed by atoms with Crippen LogP contribution in [-0.2, 0) is 11.3 Å². The number of nitrogens with zero attached hydrogens (tertiary/aromatic N) is 2. The van der Waals surface area contributed by atoms with Crippen molar-refractivity contribution in [3.05, 3.63) is 40.7 Å². The van der Waals surface area contributed by atoms with Crippen LogP contribution in [0.2, 0.25) is 0 Å². The fourth-order valence-corrected chi connectivity index (χ4v) is 2.25. The van der Waals surface area contributed by atoms with Crippen molar-refractivity contribution < 1.29 is 4.74 Å². The number of ether oxygens (including phenoxy) is 1. The molecule has 5 nitrogen and oxygen atoms in total. The maximum Gasteiger partial charge on any atom is 0.207 e. The van der Waals surface area contributed by atoms with Crippen LogP contribution in [0.4, 0.5) is 0 Å². The van der Waals surface area contributed by atoms with Crippen molar-refractivity contribution in [1.82, 2.24) is 15.1 Å². The maximum atomic E-state index is 11.7. The van der Waals surface area contributed by atoms with Crippen LogP contribution in [0.3, 0.4) is 0 Å². The van der Waals surface area contributed by atoms with Crippen molar-refractivity contribution in [3.8, 4) is 0 Å². The molecule has 2 aromatic rings. The van der Waals surface area contributed by atoms with Gasteiger partial charge in [-0.05, 0) is 38.4 Å². The molecule has 0 aliphatic rings. The first-order valence-corrected chi connectivity index (χ1v) is 7.56. The minimum absolute atomic E-state index is 0.0225. The molecule has 0 unspecified atom stereocenters. The first-order chi connectivity index (χ1) is 10.3. The van der Waals surface area contributed by atoms with Gasteiger partial charge >= 0.3 is 0 Å². The molecule has 5 heteroatoms. The van der Waals surface area contributed by atoms with Gasteiger partial charge in [-0.2, -0.15) is 5.10 Å². The number of para-hydroxylation sites is 1. The smallest absolute Gasteiger partial charge is 0.207 e. The highest BCUT2D eigenvalue weighted by Crippen LogP contribution is 2.07. The molecular formula is C16H23N3O2. The number of hydrogen-bond donors (Lipinski definition) is 1. The minimum atomic E-state index is -0.0225. The van der Waals surface area contributed by atoms with Crippen LogP contribution >= 0.6 is 0 Å². The van der Waals surface area contributed by atoms with Crippen LogP contribution in [0.15, 0.2) is 35.3 Å². The van der Waals surface area contributed by atoms with Crippen molar-refractivity contribution >= 4 is 10.9 Å². The molecule has 1 aromatic heterocycles. The highest BCUT2D eigenvalue weighted by Gasteiger charge is 2.02. The molecule has 0 bridgehead atoms. The molecule has 0 saturated heterocycles. The van der Waals surface area contributed by atoms with Crippen LogP contribution < -0.4 is 10.7 Å². The second-order valence-electron chi connectivity index (χ2n) is 4.90. The van der Waals surface area contributed by atoms with E-state index in [0.29, 0.717) is 0 Å². The summed E-state index contributed by atoms with van der Waals surface area (Å²) in [4.78, 5) is 11.7. The maximum absolute atomic E-state index is 11.7. The monoisotopic (exact) mass is 289 g/mol. The number of fused-ring (bicyclic) bond motifs is 1. The second-order valence-corrected chi connectivity index (χ2v) is 4.90. The Morgan fingerprint density at radius 3 is 2.95 bits per heavy atom. The van der Waals surface area contributed by atoms with Gasteiger partial charge in [0.25, 0.3) is 0 Å². The van der Waals surface area contributed by atoms with Crippen LogP contribution in [0.25, 0.3) is 10.9 Å². The van der Waals surface area contributed by atoms with Gasteiger partial charge in [-0.1, -0.05) is 12.1 Å². The van der Waals surface area contributed by atoms with Gasteiger partial charge in [0.15, 0.2) is 0 Å². The molecule has 0 aliphatic carbocycles. The molecule has 0 saturated carbocycles. The predicted octanol–water partition coefficient (Wildman–Crippen LogP) is 1.80. The van der Waals surface area contributed by atoms with E-state index in [0.717, 1.165) is 56.6 Å². The zero-order chi connectivity index (χ0) is 14.9. The van der Waals surface area contributed by atoms with Crippen LogP contribution in [0.1, 0.15) is 19.8 Å². The van der Waals surface area contributed by atoms with E-state index in [-0.39, 0.29) is 5.43 Å². The van der Waals surface area contributed by atoms with Gasteiger partial charge in [0.2, 0.25) is 5.43 Å². The van der Waals surface area contributed by atoms with E-state index in [2.05, 4.69) is 10.4 Å². The molecule has 0 aliphatic heterocycles. The Kier molecular flexibility index (Phi) is 6.37. The summed E-state index contributed by atoms with van der Waals surface area (Å²) >= 11 is 0. The Labute approximate surface area is 124 Å². The number of hydrogen-bond acceptors (Lipinski definition) is 4. The largest absolute Gasteiger partial charge is 0.382 e. The standard InChI is InChI=1S/C16H23N3O2/c1-2-21-12-6-5-9-17-10-11-19-15-8-4-3-7-14(15)16(20)13-18-19/h3-4,7-8,13,17H,2,5-6,9-12H2,1H3. The third kappa shape index (κ3) is 4.65. The topological polar surface area (TPSA) is 56.1 Å². The van der Waals surface area contributed by atoms with E-state index in [1.54, 1.807) is 0 Å². The summed E-state index contributed by atoms with van der Waals surface area (Å²) < 4.78 is 7.18. The summed E-state index contributed by atoms with van der Waals surface area (Å²) in [5, 5.41) is 8.33. The molecule has 0 atom stereocenters. The summed E-state index contributed by atoms with van der Waals surface area (Å²) in [5.41, 5.74) is 0.869. The SMILES string of the molecule is CCOCCCCNCCn1ncc(=O)c2ccccc21. The molecule has 0 radical (unpaired) electrons. The van der Waals surface area contributed by atoms with E-state index < -0.39 is 0 Å². The van der Waals surface area contributed by atoms with E-state index in [9.17, 15) is 4.79 Å². The zero-order valence-electron chi connectivity index (χ0n) is 12.5. The van der Waals surface area contributed by atoms with Crippen molar-refractivity contribution in [1.29, 1.82) is 0 Å². The third-order valence-electron chi connectivity index (χ3n) is 3.36. The van der Waals surface area contributed by atoms with Crippen molar-refractivity contribution in [3.63, 3.8) is 0 Å². The molecule has 114 valence electrons. The second kappa shape index (κ2) is 8.54. The van der Waals surface area contributed by atoms with Crippen molar-refractivity contribution in [2.24, 2.45) is 0 Å². The Balaban J connectivity index is 1.79. The number of rotatable bonds is 9. The summed E-state index contributed by atoms with van der Waals surface area (Å²) in [6, 6.07) is 7.59. The molecule has 1 heterocycles. The molecule has 21 heavy (non-hydrogen) atoms. The summed E-state index contributed by atoms with van der Waals surface area (Å²) in [6.07, 6.45) is 3.59. The number of aromatic nitrogens is 2. The minimum Gasteiger partial charge on any atom is -0.382 e. The average molecular weight is 289 g/mol. The van der Waals surface area contributed by atoms with Crippen LogP contribution in [0, 0.1) is 0 Å². The van der Waals surface area contributed by atoms with E-state index in [1.165, 1.54) is 6.20 Å². The summed E-state index contributed by atoms with van der Waals surface area (Å²) in [5.74, 6) is 0. The van der Waals surface area contributed by atoms with Gasteiger partial charge < -0.3 is 10.1 Å². The molecule has 1 N–H and O–H groups in total. The Bertz CT molecular complexity index is 610. The molecule has 0 amide bonds. The fraction of sp³-hybridized carbons (Fsp3) is 0.500. The molecule has 0 fully saturated rings. The van der Waals surface area contributed by atoms with Gasteiger partial charge in [0, 0.05) is 25.1 Å². The van der Waals surface area contributed by atoms with Gasteiger partial charge in [-0.25, -0.2) is 0 Å². The highest BCUT2D eigenvalue weighted by molar-refractivity contribution is 5.77. The summed E-state index contributed by atoms with van der Waals surface area (Å²) in [6.45, 7) is 6.22.